The number of alkyl carbamates (subject to hydrolysis) is 1. The summed E-state index contributed by atoms with van der Waals surface area (Å²) in [5.41, 5.74) is 0.0288. The molecular weight excluding hydrogens is 802 g/mol. The highest BCUT2D eigenvalue weighted by Gasteiger charge is 2.47. The van der Waals surface area contributed by atoms with Crippen LogP contribution in [-0.2, 0) is 40.1 Å². The van der Waals surface area contributed by atoms with Crippen LogP contribution in [0.5, 0.6) is 0 Å². The maximum absolute atomic E-state index is 13.3. The van der Waals surface area contributed by atoms with Crippen LogP contribution in [0.25, 0.3) is 11.2 Å². The second-order valence-electron chi connectivity index (χ2n) is 15.3. The van der Waals surface area contributed by atoms with E-state index in [1.54, 1.807) is 38.1 Å². The number of hydrogen-bond acceptors (Lipinski definition) is 16. The number of carbonyl (C=O) groups is 6. The Morgan fingerprint density at radius 1 is 0.984 bits per heavy atom. The molecule has 0 aliphatic carbocycles. The number of aromatic nitrogens is 4. The molecule has 2 aliphatic heterocycles. The molecule has 8 atom stereocenters. The first kappa shape index (κ1) is 45.8. The van der Waals surface area contributed by atoms with Crippen LogP contribution in [0, 0.1) is 5.92 Å². The van der Waals surface area contributed by atoms with Crippen LogP contribution in [0.4, 0.5) is 16.3 Å². The minimum Gasteiger partial charge on any atom is -0.445 e. The summed E-state index contributed by atoms with van der Waals surface area (Å²) in [4.78, 5) is 92.5. The molecule has 0 bridgehead atoms. The normalized spacial score (nSPS) is 22.3. The van der Waals surface area contributed by atoms with Crippen molar-refractivity contribution in [1.82, 2.24) is 46.1 Å². The number of aromatic amines is 1. The summed E-state index contributed by atoms with van der Waals surface area (Å²) in [6, 6.07) is 2.97. The number of amides is 6. The van der Waals surface area contributed by atoms with Crippen LogP contribution in [0.15, 0.2) is 49.1 Å². The molecule has 61 heavy (non-hydrogen) atoms. The topological polar surface area (TPSA) is 332 Å². The fourth-order valence-corrected chi connectivity index (χ4v) is 6.30. The molecule has 1 saturated heterocycles. The van der Waals surface area contributed by atoms with Crippen LogP contribution >= 0.6 is 0 Å². The van der Waals surface area contributed by atoms with Crippen LogP contribution in [-0.4, -0.2) is 148 Å². The van der Waals surface area contributed by atoms with E-state index in [1.807, 2.05) is 0 Å². The summed E-state index contributed by atoms with van der Waals surface area (Å²) in [6.45, 7) is 6.74. The van der Waals surface area contributed by atoms with Gasteiger partial charge in [-0.15, -0.1) is 0 Å². The van der Waals surface area contributed by atoms with Gasteiger partial charge < -0.3 is 71.7 Å². The lowest BCUT2D eigenvalue weighted by molar-refractivity contribution is -0.186. The number of benzene rings is 1. The minimum absolute atomic E-state index is 0.0487. The van der Waals surface area contributed by atoms with E-state index in [2.05, 4.69) is 51.8 Å². The van der Waals surface area contributed by atoms with Gasteiger partial charge in [-0.25, -0.2) is 19.7 Å². The average molecular weight is 854 g/mol. The minimum atomic E-state index is -1.62. The van der Waals surface area contributed by atoms with E-state index in [1.165, 1.54) is 45.6 Å². The molecule has 6 amide bonds. The smallest absolute Gasteiger partial charge is 0.408 e. The van der Waals surface area contributed by atoms with Crippen LogP contribution in [0.3, 0.4) is 0 Å². The van der Waals surface area contributed by atoms with Crippen molar-refractivity contribution < 1.29 is 58.7 Å². The van der Waals surface area contributed by atoms with Crippen molar-refractivity contribution in [3.8, 4) is 0 Å². The fourth-order valence-electron chi connectivity index (χ4n) is 6.30. The number of aliphatic hydroxyl groups excluding tert-OH is 4. The first-order valence-electron chi connectivity index (χ1n) is 19.3. The number of H-pyrrole nitrogens is 1. The molecule has 0 spiro atoms. The average Bonchev–Trinajstić information content (AvgIpc) is 3.83. The summed E-state index contributed by atoms with van der Waals surface area (Å²) in [7, 11) is 0. The van der Waals surface area contributed by atoms with Crippen molar-refractivity contribution in [1.29, 1.82) is 0 Å². The molecule has 330 valence electrons. The highest BCUT2D eigenvalue weighted by Crippen LogP contribution is 2.25. The number of aliphatic hydroxyl groups is 4. The van der Waals surface area contributed by atoms with Gasteiger partial charge in [0.15, 0.2) is 17.7 Å². The maximum Gasteiger partial charge on any atom is 0.408 e. The monoisotopic (exact) mass is 853 g/mol. The second-order valence-corrected chi connectivity index (χ2v) is 15.3. The van der Waals surface area contributed by atoms with Gasteiger partial charge in [-0.05, 0) is 50.5 Å². The molecule has 1 aromatic carbocycles. The molecule has 5 rings (SSSR count). The highest BCUT2D eigenvalue weighted by atomic mass is 16.6. The standard InChI is InChI=1S/C38H51N11O12/c1-18(2)26(45-23(51)12-13-49-24(52)10-11-25(49)53)34(57)43-19(3)33(56)44-21-8-6-20(7-9-21)15-60-37(59)48-38(4,5)36(58)46-27-22(14-50)61-35(30(55)29(27)54)47-32-28-31(40-16-39-28)41-17-42-32/h6-11,16-19,22,24,26-27,29-30,35,50,52,54-55H,12-15H2,1-5H3,(H,43,57)(H,44,56)(H,45,51)(H,46,58)(H,48,59)(H2,39,40,41,42,47)/t19-,22-,24?,26-,27-,29+,30-,35-/m0/s1. The Balaban J connectivity index is 1.05. The van der Waals surface area contributed by atoms with Gasteiger partial charge in [-0.1, -0.05) is 26.0 Å². The van der Waals surface area contributed by atoms with Crippen LogP contribution in [0.2, 0.25) is 0 Å². The number of hydrogen-bond donors (Lipinski definition) is 11. The zero-order valence-electron chi connectivity index (χ0n) is 34.0. The van der Waals surface area contributed by atoms with Crippen LogP contribution < -0.4 is 31.9 Å². The Morgan fingerprint density at radius 2 is 1.70 bits per heavy atom. The first-order valence-corrected chi connectivity index (χ1v) is 19.3. The number of anilines is 2. The van der Waals surface area contributed by atoms with Crippen molar-refractivity contribution in [2.75, 3.05) is 23.8 Å². The molecule has 23 nitrogen and oxygen atoms in total. The van der Waals surface area contributed by atoms with Crippen molar-refractivity contribution in [2.45, 2.75) is 102 Å². The van der Waals surface area contributed by atoms with E-state index in [4.69, 9.17) is 9.47 Å². The second kappa shape index (κ2) is 19.9. The summed E-state index contributed by atoms with van der Waals surface area (Å²) in [5.74, 6) is -3.00. The van der Waals surface area contributed by atoms with Crippen molar-refractivity contribution in [3.05, 3.63) is 54.6 Å². The van der Waals surface area contributed by atoms with Gasteiger partial charge in [0.25, 0.3) is 0 Å². The van der Waals surface area contributed by atoms with E-state index in [0.717, 1.165) is 4.90 Å². The Morgan fingerprint density at radius 3 is 2.36 bits per heavy atom. The molecule has 23 heteroatoms. The van der Waals surface area contributed by atoms with E-state index < -0.39 is 96.7 Å². The summed E-state index contributed by atoms with van der Waals surface area (Å²) in [5, 5.41) is 57.5. The number of imidazole rings is 1. The molecule has 11 N–H and O–H groups in total. The molecule has 2 aliphatic rings. The van der Waals surface area contributed by atoms with E-state index in [0.29, 0.717) is 22.4 Å². The van der Waals surface area contributed by atoms with E-state index >= 15 is 0 Å². The van der Waals surface area contributed by atoms with E-state index in [9.17, 15) is 49.2 Å². The SMILES string of the molecule is CC(C)[C@H](NC(=O)CCN1C(=O)C=CC1O)C(=O)N[C@@H](C)C(=O)Nc1ccc(COC(=O)NC(C)(C)C(=O)N[C@@H]2[C@@H](O)[C@H](O)[C@@H](Nc3ncnc4nc[nH]c34)O[C@H]2CO)cc1. The number of ether oxygens (including phenoxy) is 2. The zero-order chi connectivity index (χ0) is 44.6. The molecule has 1 fully saturated rings. The molecule has 0 saturated carbocycles. The zero-order valence-corrected chi connectivity index (χ0v) is 34.0. The van der Waals surface area contributed by atoms with Gasteiger partial charge in [0.05, 0.1) is 19.0 Å². The summed E-state index contributed by atoms with van der Waals surface area (Å²) in [6.07, 6.45) is -2.74. The fraction of sp³-hybridized carbons (Fsp3) is 0.500. The molecule has 2 aromatic heterocycles. The first-order chi connectivity index (χ1) is 28.9. The van der Waals surface area contributed by atoms with Crippen molar-refractivity contribution >= 4 is 58.3 Å². The molecular formula is C38H51N11O12. The third kappa shape index (κ3) is 11.5. The van der Waals surface area contributed by atoms with Gasteiger partial charge in [0, 0.05) is 24.7 Å². The third-order valence-corrected chi connectivity index (χ3v) is 9.91. The Labute approximate surface area is 349 Å². The molecule has 4 heterocycles. The maximum atomic E-state index is 13.3. The van der Waals surface area contributed by atoms with Crippen LogP contribution in [0.1, 0.15) is 46.6 Å². The largest absolute Gasteiger partial charge is 0.445 e. The predicted octanol–water partition coefficient (Wildman–Crippen LogP) is -1.92. The predicted molar refractivity (Wildman–Crippen MR) is 213 cm³/mol. The molecule has 3 aromatic rings. The lowest BCUT2D eigenvalue weighted by Gasteiger charge is -2.43. The number of nitrogens with one attached hydrogen (secondary N) is 7. The molecule has 1 unspecified atom stereocenters. The number of nitrogens with zero attached hydrogens (tertiary/aromatic N) is 4. The Bertz CT molecular complexity index is 2090. The highest BCUT2D eigenvalue weighted by molar-refractivity contribution is 5.98. The third-order valence-electron chi connectivity index (χ3n) is 9.91. The molecule has 0 radical (unpaired) electrons. The number of fused-ring (bicyclic) bond motifs is 1. The van der Waals surface area contributed by atoms with Gasteiger partial charge in [0.2, 0.25) is 29.5 Å². The summed E-state index contributed by atoms with van der Waals surface area (Å²) >= 11 is 0. The quantitative estimate of drug-likeness (QED) is 0.0705. The Hall–Kier alpha value is -6.27. The van der Waals surface area contributed by atoms with Crippen molar-refractivity contribution in [2.24, 2.45) is 5.92 Å². The number of carbonyl (C=O) groups excluding carboxylic acids is 6. The lowest BCUT2D eigenvalue weighted by Crippen LogP contribution is -2.68. The lowest BCUT2D eigenvalue weighted by atomic mass is 9.94. The summed E-state index contributed by atoms with van der Waals surface area (Å²) < 4.78 is 11.1. The van der Waals surface area contributed by atoms with Gasteiger partial charge in [-0.2, -0.15) is 0 Å². The van der Waals surface area contributed by atoms with Gasteiger partial charge in [0.1, 0.15) is 60.6 Å². The van der Waals surface area contributed by atoms with Crippen molar-refractivity contribution in [3.63, 3.8) is 0 Å². The van der Waals surface area contributed by atoms with Gasteiger partial charge in [-0.3, -0.25) is 24.0 Å². The van der Waals surface area contributed by atoms with E-state index in [-0.39, 0.29) is 31.3 Å². The van der Waals surface area contributed by atoms with Gasteiger partial charge >= 0.3 is 6.09 Å². The Kier molecular flexibility index (Phi) is 14.9. The number of rotatable bonds is 17.